The van der Waals surface area contributed by atoms with Crippen LogP contribution in [0.2, 0.25) is 0 Å². The number of rotatable bonds is 7. The summed E-state index contributed by atoms with van der Waals surface area (Å²) in [6.07, 6.45) is 1.08. The summed E-state index contributed by atoms with van der Waals surface area (Å²) in [6.45, 7) is 5.63. The number of anilines is 1. The van der Waals surface area contributed by atoms with E-state index in [0.717, 1.165) is 21.7 Å². The minimum Gasteiger partial charge on any atom is -0.497 e. The number of sulfonamides is 1. The highest BCUT2D eigenvalue weighted by Crippen LogP contribution is 2.22. The summed E-state index contributed by atoms with van der Waals surface area (Å²) < 4.78 is 30.5. The van der Waals surface area contributed by atoms with Crippen molar-refractivity contribution in [3.05, 3.63) is 59.2 Å². The number of methoxy groups -OCH3 is 1. The molecule has 1 atom stereocenters. The lowest BCUT2D eigenvalue weighted by Gasteiger charge is -2.23. The van der Waals surface area contributed by atoms with Gasteiger partial charge >= 0.3 is 0 Å². The van der Waals surface area contributed by atoms with Crippen molar-refractivity contribution in [2.45, 2.75) is 26.8 Å². The van der Waals surface area contributed by atoms with Gasteiger partial charge in [-0.2, -0.15) is 0 Å². The fourth-order valence-electron chi connectivity index (χ4n) is 2.68. The second-order valence-corrected chi connectivity index (χ2v) is 8.51. The van der Waals surface area contributed by atoms with E-state index in [1.165, 1.54) is 12.7 Å². The van der Waals surface area contributed by atoms with Crippen LogP contribution in [-0.2, 0) is 14.8 Å². The summed E-state index contributed by atoms with van der Waals surface area (Å²) in [5, 5.41) is 2.87. The third-order valence-corrected chi connectivity index (χ3v) is 5.60. The Balaban J connectivity index is 2.14. The lowest BCUT2D eigenvalue weighted by Crippen LogP contribution is -2.41. The number of carbonyl (C=O) groups is 1. The van der Waals surface area contributed by atoms with Crippen molar-refractivity contribution in [3.8, 4) is 5.75 Å². The average molecular weight is 391 g/mol. The molecule has 1 amide bonds. The highest BCUT2D eigenvalue weighted by atomic mass is 32.2. The molecule has 0 unspecified atom stereocenters. The van der Waals surface area contributed by atoms with Gasteiger partial charge in [0.25, 0.3) is 0 Å². The van der Waals surface area contributed by atoms with Crippen LogP contribution in [0, 0.1) is 13.8 Å². The second kappa shape index (κ2) is 8.43. The highest BCUT2D eigenvalue weighted by molar-refractivity contribution is 7.92. The number of benzene rings is 2. The van der Waals surface area contributed by atoms with Gasteiger partial charge in [0, 0.05) is 0 Å². The molecule has 27 heavy (non-hydrogen) atoms. The molecule has 0 spiro atoms. The van der Waals surface area contributed by atoms with Crippen LogP contribution in [0.4, 0.5) is 5.69 Å². The largest absolute Gasteiger partial charge is 0.497 e. The van der Waals surface area contributed by atoms with E-state index in [2.05, 4.69) is 5.32 Å². The number of aryl methyl sites for hydroxylation is 2. The lowest BCUT2D eigenvalue weighted by atomic mass is 10.0. The normalized spacial score (nSPS) is 12.3. The van der Waals surface area contributed by atoms with Crippen molar-refractivity contribution in [1.29, 1.82) is 0 Å². The fraction of sp³-hybridized carbons (Fsp3) is 0.350. The Labute approximate surface area is 161 Å². The number of nitrogens with zero attached hydrogens (tertiary/aromatic N) is 1. The van der Waals surface area contributed by atoms with Gasteiger partial charge in [0.2, 0.25) is 15.9 Å². The molecule has 0 radical (unpaired) electrons. The maximum atomic E-state index is 12.5. The zero-order valence-electron chi connectivity index (χ0n) is 16.3. The molecule has 0 aliphatic heterocycles. The molecule has 7 heteroatoms. The lowest BCUT2D eigenvalue weighted by molar-refractivity contribution is -0.120. The van der Waals surface area contributed by atoms with Gasteiger partial charge in [0.1, 0.15) is 12.3 Å². The third-order valence-electron chi connectivity index (χ3n) is 4.46. The Hall–Kier alpha value is -2.54. The maximum Gasteiger partial charge on any atom is 0.241 e. The van der Waals surface area contributed by atoms with Gasteiger partial charge in [-0.15, -0.1) is 0 Å². The first-order chi connectivity index (χ1) is 12.6. The summed E-state index contributed by atoms with van der Waals surface area (Å²) in [6, 6.07) is 12.3. The molecule has 2 aromatic rings. The first kappa shape index (κ1) is 20.8. The van der Waals surface area contributed by atoms with Crippen LogP contribution in [0.3, 0.4) is 0 Å². The first-order valence-corrected chi connectivity index (χ1v) is 10.4. The first-order valence-electron chi connectivity index (χ1n) is 8.60. The molecule has 0 aliphatic carbocycles. The molecule has 0 aliphatic rings. The molecule has 0 saturated heterocycles. The summed E-state index contributed by atoms with van der Waals surface area (Å²) in [7, 11) is -2.08. The molecule has 146 valence electrons. The number of ether oxygens (including phenoxy) is 1. The van der Waals surface area contributed by atoms with E-state index < -0.39 is 10.0 Å². The van der Waals surface area contributed by atoms with E-state index in [1.807, 2.05) is 39.0 Å². The van der Waals surface area contributed by atoms with Crippen LogP contribution in [0.5, 0.6) is 5.75 Å². The Kier molecular flexibility index (Phi) is 6.49. The Morgan fingerprint density at radius 3 is 2.26 bits per heavy atom. The van der Waals surface area contributed by atoms with E-state index in [4.69, 9.17) is 4.74 Å². The maximum absolute atomic E-state index is 12.5. The van der Waals surface area contributed by atoms with Crippen molar-refractivity contribution < 1.29 is 17.9 Å². The summed E-state index contributed by atoms with van der Waals surface area (Å²) in [5.74, 6) is 0.238. The Bertz CT molecular complexity index is 908. The zero-order chi connectivity index (χ0) is 20.2. The molecule has 6 nitrogen and oxygen atoms in total. The molecule has 0 heterocycles. The Morgan fingerprint density at radius 2 is 1.74 bits per heavy atom. The van der Waals surface area contributed by atoms with E-state index >= 15 is 0 Å². The number of hydrogen-bond donors (Lipinski definition) is 1. The van der Waals surface area contributed by atoms with E-state index in [0.29, 0.717) is 11.4 Å². The predicted molar refractivity (Wildman–Crippen MR) is 108 cm³/mol. The van der Waals surface area contributed by atoms with Crippen LogP contribution < -0.4 is 14.4 Å². The van der Waals surface area contributed by atoms with Gasteiger partial charge in [-0.1, -0.05) is 18.2 Å². The molecule has 1 N–H and O–H groups in total. The van der Waals surface area contributed by atoms with Gasteiger partial charge in [0.05, 0.1) is 25.1 Å². The fourth-order valence-corrected chi connectivity index (χ4v) is 3.54. The van der Waals surface area contributed by atoms with Gasteiger partial charge in [-0.05, 0) is 61.7 Å². The minimum absolute atomic E-state index is 0.228. The van der Waals surface area contributed by atoms with Crippen molar-refractivity contribution >= 4 is 21.6 Å². The van der Waals surface area contributed by atoms with Gasteiger partial charge in [-0.25, -0.2) is 8.42 Å². The molecular weight excluding hydrogens is 364 g/mol. The van der Waals surface area contributed by atoms with Crippen LogP contribution in [0.15, 0.2) is 42.5 Å². The standard InChI is InChI=1S/C20H26N2O4S/c1-14-6-7-17(12-15(14)2)16(3)21-20(23)13-22(27(5,24)25)18-8-10-19(26-4)11-9-18/h6-12,16H,13H2,1-5H3,(H,21,23)/t16-/m0/s1. The van der Waals surface area contributed by atoms with Gasteiger partial charge < -0.3 is 10.1 Å². The average Bonchev–Trinajstić information content (AvgIpc) is 2.61. The van der Waals surface area contributed by atoms with Crippen LogP contribution in [0.1, 0.15) is 29.7 Å². The smallest absolute Gasteiger partial charge is 0.241 e. The van der Waals surface area contributed by atoms with Crippen molar-refractivity contribution in [2.75, 3.05) is 24.2 Å². The number of nitrogens with one attached hydrogen (secondary N) is 1. The zero-order valence-corrected chi connectivity index (χ0v) is 17.1. The summed E-state index contributed by atoms with van der Waals surface area (Å²) in [4.78, 5) is 12.5. The van der Waals surface area contributed by atoms with Gasteiger partial charge in [-0.3, -0.25) is 9.10 Å². The van der Waals surface area contributed by atoms with Crippen molar-refractivity contribution in [1.82, 2.24) is 5.32 Å². The van der Waals surface area contributed by atoms with Crippen molar-refractivity contribution in [3.63, 3.8) is 0 Å². The van der Waals surface area contributed by atoms with Crippen LogP contribution in [-0.4, -0.2) is 34.2 Å². The van der Waals surface area contributed by atoms with Crippen LogP contribution >= 0.6 is 0 Å². The number of amides is 1. The molecule has 2 rings (SSSR count). The van der Waals surface area contributed by atoms with E-state index in [9.17, 15) is 13.2 Å². The molecule has 2 aromatic carbocycles. The SMILES string of the molecule is COc1ccc(N(CC(=O)N[C@@H](C)c2ccc(C)c(C)c2)S(C)(=O)=O)cc1. The molecule has 0 aromatic heterocycles. The topological polar surface area (TPSA) is 75.7 Å². The molecule has 0 saturated carbocycles. The number of carbonyl (C=O) groups excluding carboxylic acids is 1. The number of hydrogen-bond acceptors (Lipinski definition) is 4. The van der Waals surface area contributed by atoms with Crippen LogP contribution in [0.25, 0.3) is 0 Å². The van der Waals surface area contributed by atoms with E-state index in [-0.39, 0.29) is 18.5 Å². The summed E-state index contributed by atoms with van der Waals surface area (Å²) in [5.41, 5.74) is 3.71. The summed E-state index contributed by atoms with van der Waals surface area (Å²) >= 11 is 0. The molecule has 0 bridgehead atoms. The van der Waals surface area contributed by atoms with Gasteiger partial charge in [0.15, 0.2) is 0 Å². The molecule has 0 fully saturated rings. The second-order valence-electron chi connectivity index (χ2n) is 6.60. The van der Waals surface area contributed by atoms with E-state index in [1.54, 1.807) is 24.3 Å². The third kappa shape index (κ3) is 5.47. The van der Waals surface area contributed by atoms with Crippen molar-refractivity contribution in [2.24, 2.45) is 0 Å². The highest BCUT2D eigenvalue weighted by Gasteiger charge is 2.22. The predicted octanol–water partition coefficient (Wildman–Crippen LogP) is 2.96. The quantitative estimate of drug-likeness (QED) is 0.789. The molecular formula is C20H26N2O4S. The minimum atomic E-state index is -3.61. The monoisotopic (exact) mass is 390 g/mol. The Morgan fingerprint density at radius 1 is 1.11 bits per heavy atom.